The van der Waals surface area contributed by atoms with E-state index < -0.39 is 11.7 Å². The monoisotopic (exact) mass is 390 g/mol. The molecule has 0 bridgehead atoms. The van der Waals surface area contributed by atoms with E-state index in [9.17, 15) is 23.4 Å². The van der Waals surface area contributed by atoms with Crippen LogP contribution in [-0.4, -0.2) is 10.2 Å². The van der Waals surface area contributed by atoms with E-state index >= 15 is 0 Å². The average Bonchev–Trinajstić information content (AvgIpc) is 2.60. The van der Waals surface area contributed by atoms with Crippen LogP contribution in [0.2, 0.25) is 0 Å². The second-order valence-corrected chi connectivity index (χ2v) is 7.15. The molecule has 2 N–H and O–H groups in total. The zero-order chi connectivity index (χ0) is 20.9. The standard InChI is InChI=1S/C23H25F3O2/c1-15(2)6-4-7-16(3)10-11-20-21(27)13-18(14-22(20)28)17-8-5-9-19(12-17)23(24,25)26/h5-6,8-10,12-14,27-28H,4,7,11H2,1-3H3/b16-10+. The fourth-order valence-corrected chi connectivity index (χ4v) is 2.86. The zero-order valence-corrected chi connectivity index (χ0v) is 16.3. The van der Waals surface area contributed by atoms with E-state index in [1.165, 1.54) is 29.8 Å². The molecule has 0 saturated carbocycles. The van der Waals surface area contributed by atoms with Crippen LogP contribution in [0.1, 0.15) is 44.7 Å². The molecule has 0 unspecified atom stereocenters. The maximum atomic E-state index is 12.9. The molecule has 2 nitrogen and oxygen atoms in total. The molecule has 0 heterocycles. The lowest BCUT2D eigenvalue weighted by Gasteiger charge is -2.12. The molecule has 2 rings (SSSR count). The topological polar surface area (TPSA) is 40.5 Å². The molecule has 0 aromatic heterocycles. The van der Waals surface area contributed by atoms with Gasteiger partial charge in [-0.05, 0) is 75.4 Å². The first-order valence-corrected chi connectivity index (χ1v) is 9.09. The Bertz CT molecular complexity index is 866. The number of benzene rings is 2. The summed E-state index contributed by atoms with van der Waals surface area (Å²) < 4.78 is 38.7. The molecule has 0 spiro atoms. The Hall–Kier alpha value is -2.69. The lowest BCUT2D eigenvalue weighted by atomic mass is 9.98. The van der Waals surface area contributed by atoms with Crippen LogP contribution in [0, 0.1) is 0 Å². The molecule has 0 aliphatic rings. The summed E-state index contributed by atoms with van der Waals surface area (Å²) in [6, 6.07) is 7.57. The first kappa shape index (κ1) is 21.6. The van der Waals surface area contributed by atoms with Crippen LogP contribution in [0.4, 0.5) is 13.2 Å². The quantitative estimate of drug-likeness (QED) is 0.520. The molecular formula is C23H25F3O2. The van der Waals surface area contributed by atoms with Crippen molar-refractivity contribution in [3.05, 3.63) is 70.8 Å². The number of allylic oxidation sites excluding steroid dienone is 4. The van der Waals surface area contributed by atoms with Gasteiger partial charge in [0.1, 0.15) is 11.5 Å². The molecule has 0 atom stereocenters. The highest BCUT2D eigenvalue weighted by molar-refractivity contribution is 5.69. The van der Waals surface area contributed by atoms with Crippen LogP contribution in [0.15, 0.2) is 59.7 Å². The zero-order valence-electron chi connectivity index (χ0n) is 16.3. The first-order chi connectivity index (χ1) is 13.1. The number of rotatable bonds is 6. The Morgan fingerprint density at radius 1 is 0.929 bits per heavy atom. The maximum Gasteiger partial charge on any atom is 0.416 e. The van der Waals surface area contributed by atoms with Gasteiger partial charge < -0.3 is 10.2 Å². The highest BCUT2D eigenvalue weighted by Gasteiger charge is 2.30. The van der Waals surface area contributed by atoms with Crippen LogP contribution in [0.5, 0.6) is 11.5 Å². The molecule has 0 aliphatic carbocycles. The van der Waals surface area contributed by atoms with Gasteiger partial charge >= 0.3 is 6.18 Å². The summed E-state index contributed by atoms with van der Waals surface area (Å²) in [6.07, 6.45) is 1.80. The van der Waals surface area contributed by atoms with Crippen molar-refractivity contribution in [2.24, 2.45) is 0 Å². The van der Waals surface area contributed by atoms with E-state index in [4.69, 9.17) is 0 Å². The van der Waals surface area contributed by atoms with Crippen molar-refractivity contribution in [1.82, 2.24) is 0 Å². The lowest BCUT2D eigenvalue weighted by molar-refractivity contribution is -0.137. The van der Waals surface area contributed by atoms with Gasteiger partial charge in [-0.25, -0.2) is 0 Å². The van der Waals surface area contributed by atoms with Gasteiger partial charge in [0.2, 0.25) is 0 Å². The minimum absolute atomic E-state index is 0.138. The van der Waals surface area contributed by atoms with Crippen molar-refractivity contribution in [3.8, 4) is 22.6 Å². The summed E-state index contributed by atoms with van der Waals surface area (Å²) in [5.74, 6) is -0.276. The van der Waals surface area contributed by atoms with E-state index in [0.29, 0.717) is 17.5 Å². The SMILES string of the molecule is CC(C)=CCC/C(C)=C/Cc1c(O)cc(-c2cccc(C(F)(F)F)c2)cc1O. The van der Waals surface area contributed by atoms with Crippen molar-refractivity contribution in [1.29, 1.82) is 0 Å². The molecule has 0 radical (unpaired) electrons. The van der Waals surface area contributed by atoms with Gasteiger partial charge in [0.05, 0.1) is 5.56 Å². The normalized spacial score (nSPS) is 12.1. The van der Waals surface area contributed by atoms with E-state index in [1.807, 2.05) is 26.8 Å². The van der Waals surface area contributed by atoms with Crippen LogP contribution in [0.25, 0.3) is 11.1 Å². The van der Waals surface area contributed by atoms with Gasteiger partial charge in [0, 0.05) is 5.56 Å². The average molecular weight is 390 g/mol. The van der Waals surface area contributed by atoms with Crippen LogP contribution in [0.3, 0.4) is 0 Å². The Morgan fingerprint density at radius 2 is 1.57 bits per heavy atom. The number of hydrogen-bond acceptors (Lipinski definition) is 2. The van der Waals surface area contributed by atoms with E-state index in [1.54, 1.807) is 0 Å². The second-order valence-electron chi connectivity index (χ2n) is 7.15. The van der Waals surface area contributed by atoms with Gasteiger partial charge in [-0.1, -0.05) is 35.4 Å². The molecule has 2 aromatic carbocycles. The highest BCUT2D eigenvalue weighted by Crippen LogP contribution is 2.37. The Kier molecular flexibility index (Phi) is 6.95. The number of aromatic hydroxyl groups is 2. The molecule has 0 aliphatic heterocycles. The largest absolute Gasteiger partial charge is 0.507 e. The smallest absolute Gasteiger partial charge is 0.416 e. The predicted molar refractivity (Wildman–Crippen MR) is 106 cm³/mol. The van der Waals surface area contributed by atoms with Gasteiger partial charge in [-0.15, -0.1) is 0 Å². The van der Waals surface area contributed by atoms with Crippen molar-refractivity contribution >= 4 is 0 Å². The number of hydrogen-bond donors (Lipinski definition) is 2. The molecule has 150 valence electrons. The molecule has 0 amide bonds. The number of halogens is 3. The minimum Gasteiger partial charge on any atom is -0.507 e. The Morgan fingerprint density at radius 3 is 2.14 bits per heavy atom. The summed E-state index contributed by atoms with van der Waals surface area (Å²) in [7, 11) is 0. The fourth-order valence-electron chi connectivity index (χ4n) is 2.86. The third kappa shape index (κ3) is 5.91. The first-order valence-electron chi connectivity index (χ1n) is 9.09. The van der Waals surface area contributed by atoms with Gasteiger partial charge in [-0.2, -0.15) is 13.2 Å². The van der Waals surface area contributed by atoms with Crippen LogP contribution >= 0.6 is 0 Å². The van der Waals surface area contributed by atoms with Crippen LogP contribution < -0.4 is 0 Å². The van der Waals surface area contributed by atoms with Gasteiger partial charge in [-0.3, -0.25) is 0 Å². The number of phenols is 2. The van der Waals surface area contributed by atoms with Crippen molar-refractivity contribution in [2.45, 2.75) is 46.2 Å². The number of alkyl halides is 3. The van der Waals surface area contributed by atoms with Gasteiger partial charge in [0.15, 0.2) is 0 Å². The third-order valence-corrected chi connectivity index (χ3v) is 4.47. The maximum absolute atomic E-state index is 12.9. The molecule has 0 fully saturated rings. The highest BCUT2D eigenvalue weighted by atomic mass is 19.4. The van der Waals surface area contributed by atoms with Crippen molar-refractivity contribution < 1.29 is 23.4 Å². The van der Waals surface area contributed by atoms with E-state index in [-0.39, 0.29) is 17.1 Å². The number of phenolic OH excluding ortho intramolecular Hbond substituents is 2. The molecule has 28 heavy (non-hydrogen) atoms. The fraction of sp³-hybridized carbons (Fsp3) is 0.304. The molecule has 2 aromatic rings. The van der Waals surface area contributed by atoms with Crippen LogP contribution in [-0.2, 0) is 12.6 Å². The minimum atomic E-state index is -4.45. The Labute approximate surface area is 163 Å². The van der Waals surface area contributed by atoms with E-state index in [2.05, 4.69) is 6.08 Å². The predicted octanol–water partition coefficient (Wildman–Crippen LogP) is 7.02. The molecule has 0 saturated heterocycles. The van der Waals surface area contributed by atoms with Crippen molar-refractivity contribution in [3.63, 3.8) is 0 Å². The second kappa shape index (κ2) is 9.00. The summed E-state index contributed by atoms with van der Waals surface area (Å²) in [5.41, 5.74) is 2.58. The lowest BCUT2D eigenvalue weighted by Crippen LogP contribution is -2.04. The van der Waals surface area contributed by atoms with Gasteiger partial charge in [0.25, 0.3) is 0 Å². The third-order valence-electron chi connectivity index (χ3n) is 4.47. The summed E-state index contributed by atoms with van der Waals surface area (Å²) in [4.78, 5) is 0. The summed E-state index contributed by atoms with van der Waals surface area (Å²) in [5, 5.41) is 20.6. The van der Waals surface area contributed by atoms with Crippen molar-refractivity contribution in [2.75, 3.05) is 0 Å². The molecule has 5 heteroatoms. The molecular weight excluding hydrogens is 365 g/mol. The summed E-state index contributed by atoms with van der Waals surface area (Å²) in [6.45, 7) is 6.08. The van der Waals surface area contributed by atoms with E-state index in [0.717, 1.165) is 30.5 Å². The Balaban J connectivity index is 2.23. The summed E-state index contributed by atoms with van der Waals surface area (Å²) >= 11 is 0.